The van der Waals surface area contributed by atoms with E-state index in [1.807, 2.05) is 0 Å². The van der Waals surface area contributed by atoms with Crippen LogP contribution >= 0.6 is 0 Å². The number of rotatable bonds is 5. The molecule has 0 unspecified atom stereocenters. The molecule has 3 nitrogen and oxygen atoms in total. The van der Waals surface area contributed by atoms with Gasteiger partial charge in [0.1, 0.15) is 0 Å². The zero-order chi connectivity index (χ0) is 10.4. The molecule has 1 aliphatic rings. The molecular weight excluding hydrogens is 176 g/mol. The summed E-state index contributed by atoms with van der Waals surface area (Å²) >= 11 is 0. The summed E-state index contributed by atoms with van der Waals surface area (Å²) in [5, 5.41) is 3.53. The maximum Gasteiger partial charge on any atom is 0.0471 e. The van der Waals surface area contributed by atoms with Crippen LogP contribution in [0, 0.1) is 5.41 Å². The van der Waals surface area contributed by atoms with Crippen molar-refractivity contribution in [2.24, 2.45) is 5.41 Å². The van der Waals surface area contributed by atoms with Gasteiger partial charge in [0, 0.05) is 32.8 Å². The molecule has 84 valence electrons. The standard InChI is InChI=1S/C11H24N2O/c1-11(4-8-14-9-5-11)10-12-6-7-13(2)3/h12H,4-10H2,1-3H3. The van der Waals surface area contributed by atoms with Crippen LogP contribution in [0.25, 0.3) is 0 Å². The molecule has 1 saturated heterocycles. The van der Waals surface area contributed by atoms with Crippen molar-refractivity contribution in [3.05, 3.63) is 0 Å². The zero-order valence-electron chi connectivity index (χ0n) is 9.81. The quantitative estimate of drug-likeness (QED) is 0.669. The summed E-state index contributed by atoms with van der Waals surface area (Å²) in [6.45, 7) is 7.57. The van der Waals surface area contributed by atoms with E-state index < -0.39 is 0 Å². The number of ether oxygens (including phenoxy) is 1. The third-order valence-electron chi connectivity index (χ3n) is 2.99. The SMILES string of the molecule is CN(C)CCNCC1(C)CCOCC1. The Bertz CT molecular complexity index is 153. The molecule has 0 saturated carbocycles. The van der Waals surface area contributed by atoms with Crippen LogP contribution in [0.4, 0.5) is 0 Å². The summed E-state index contributed by atoms with van der Waals surface area (Å²) in [6.07, 6.45) is 2.39. The molecule has 3 heteroatoms. The molecule has 1 rings (SSSR count). The van der Waals surface area contributed by atoms with Crippen LogP contribution in [0.1, 0.15) is 19.8 Å². The van der Waals surface area contributed by atoms with E-state index in [1.54, 1.807) is 0 Å². The average Bonchev–Trinajstić information content (AvgIpc) is 2.14. The van der Waals surface area contributed by atoms with Crippen molar-refractivity contribution in [1.29, 1.82) is 0 Å². The number of nitrogens with zero attached hydrogens (tertiary/aromatic N) is 1. The van der Waals surface area contributed by atoms with E-state index in [0.717, 1.165) is 32.8 Å². The second kappa shape index (κ2) is 5.69. The lowest BCUT2D eigenvalue weighted by Crippen LogP contribution is -2.39. The fourth-order valence-corrected chi connectivity index (χ4v) is 1.73. The molecule has 0 amide bonds. The number of hydrogen-bond acceptors (Lipinski definition) is 3. The first-order chi connectivity index (χ1) is 6.62. The first-order valence-corrected chi connectivity index (χ1v) is 5.56. The van der Waals surface area contributed by atoms with Crippen molar-refractivity contribution in [3.8, 4) is 0 Å². The predicted molar refractivity (Wildman–Crippen MR) is 59.6 cm³/mol. The van der Waals surface area contributed by atoms with Crippen LogP contribution in [0.3, 0.4) is 0 Å². The second-order valence-electron chi connectivity index (χ2n) is 4.90. The van der Waals surface area contributed by atoms with Gasteiger partial charge in [-0.05, 0) is 32.4 Å². The van der Waals surface area contributed by atoms with Crippen LogP contribution in [0.15, 0.2) is 0 Å². The molecule has 1 heterocycles. The Kier molecular flexibility index (Phi) is 4.85. The third kappa shape index (κ3) is 4.40. The van der Waals surface area contributed by atoms with Gasteiger partial charge in [-0.15, -0.1) is 0 Å². The Hall–Kier alpha value is -0.120. The summed E-state index contributed by atoms with van der Waals surface area (Å²) < 4.78 is 5.37. The Balaban J connectivity index is 2.09. The van der Waals surface area contributed by atoms with Crippen LogP contribution in [-0.4, -0.2) is 51.8 Å². The summed E-state index contributed by atoms with van der Waals surface area (Å²) in [5.74, 6) is 0. The van der Waals surface area contributed by atoms with Crippen molar-refractivity contribution in [3.63, 3.8) is 0 Å². The molecular formula is C11H24N2O. The third-order valence-corrected chi connectivity index (χ3v) is 2.99. The summed E-state index contributed by atoms with van der Waals surface area (Å²) in [7, 11) is 4.22. The van der Waals surface area contributed by atoms with Crippen LogP contribution in [0.2, 0.25) is 0 Å². The van der Waals surface area contributed by atoms with Gasteiger partial charge in [0.2, 0.25) is 0 Å². The minimum atomic E-state index is 0.463. The van der Waals surface area contributed by atoms with E-state index in [0.29, 0.717) is 5.41 Å². The molecule has 0 bridgehead atoms. The number of nitrogens with one attached hydrogen (secondary N) is 1. The van der Waals surface area contributed by atoms with Crippen LogP contribution < -0.4 is 5.32 Å². The average molecular weight is 200 g/mol. The molecule has 1 N–H and O–H groups in total. The van der Waals surface area contributed by atoms with Crippen molar-refractivity contribution in [2.75, 3.05) is 46.9 Å². The highest BCUT2D eigenvalue weighted by molar-refractivity contribution is 4.79. The topological polar surface area (TPSA) is 24.5 Å². The Morgan fingerprint density at radius 3 is 2.50 bits per heavy atom. The first kappa shape index (κ1) is 12.0. The molecule has 0 atom stereocenters. The van der Waals surface area contributed by atoms with E-state index in [9.17, 15) is 0 Å². The molecule has 0 aliphatic carbocycles. The molecule has 0 radical (unpaired) electrons. The minimum absolute atomic E-state index is 0.463. The molecule has 0 aromatic carbocycles. The van der Waals surface area contributed by atoms with E-state index in [1.165, 1.54) is 12.8 Å². The van der Waals surface area contributed by atoms with Gasteiger partial charge in [-0.3, -0.25) is 0 Å². The van der Waals surface area contributed by atoms with Crippen molar-refractivity contribution in [1.82, 2.24) is 10.2 Å². The van der Waals surface area contributed by atoms with Gasteiger partial charge in [0.05, 0.1) is 0 Å². The monoisotopic (exact) mass is 200 g/mol. The molecule has 0 aromatic heterocycles. The highest BCUT2D eigenvalue weighted by Crippen LogP contribution is 2.28. The maximum atomic E-state index is 5.37. The lowest BCUT2D eigenvalue weighted by atomic mass is 9.82. The zero-order valence-corrected chi connectivity index (χ0v) is 9.81. The summed E-state index contributed by atoms with van der Waals surface area (Å²) in [4.78, 5) is 2.21. The van der Waals surface area contributed by atoms with Crippen molar-refractivity contribution < 1.29 is 4.74 Å². The van der Waals surface area contributed by atoms with Gasteiger partial charge in [0.15, 0.2) is 0 Å². The smallest absolute Gasteiger partial charge is 0.0471 e. The Morgan fingerprint density at radius 1 is 1.29 bits per heavy atom. The van der Waals surface area contributed by atoms with E-state index in [4.69, 9.17) is 4.74 Å². The lowest BCUT2D eigenvalue weighted by molar-refractivity contribution is 0.0241. The summed E-state index contributed by atoms with van der Waals surface area (Å²) in [5.41, 5.74) is 0.463. The van der Waals surface area contributed by atoms with Gasteiger partial charge in [0.25, 0.3) is 0 Å². The molecule has 0 aromatic rings. The maximum absolute atomic E-state index is 5.37. The second-order valence-corrected chi connectivity index (χ2v) is 4.90. The van der Waals surface area contributed by atoms with Crippen LogP contribution in [0.5, 0.6) is 0 Å². The van der Waals surface area contributed by atoms with Crippen molar-refractivity contribution in [2.45, 2.75) is 19.8 Å². The summed E-state index contributed by atoms with van der Waals surface area (Å²) in [6, 6.07) is 0. The van der Waals surface area contributed by atoms with Gasteiger partial charge in [-0.2, -0.15) is 0 Å². The molecule has 1 aliphatic heterocycles. The van der Waals surface area contributed by atoms with E-state index in [-0.39, 0.29) is 0 Å². The Morgan fingerprint density at radius 2 is 1.93 bits per heavy atom. The number of hydrogen-bond donors (Lipinski definition) is 1. The van der Waals surface area contributed by atoms with E-state index >= 15 is 0 Å². The lowest BCUT2D eigenvalue weighted by Gasteiger charge is -2.33. The fraction of sp³-hybridized carbons (Fsp3) is 1.00. The highest BCUT2D eigenvalue weighted by Gasteiger charge is 2.26. The van der Waals surface area contributed by atoms with Gasteiger partial charge >= 0.3 is 0 Å². The molecule has 0 spiro atoms. The normalized spacial score (nSPS) is 21.4. The first-order valence-electron chi connectivity index (χ1n) is 5.56. The van der Waals surface area contributed by atoms with Gasteiger partial charge in [-0.25, -0.2) is 0 Å². The van der Waals surface area contributed by atoms with Crippen LogP contribution in [-0.2, 0) is 4.74 Å². The highest BCUT2D eigenvalue weighted by atomic mass is 16.5. The Labute approximate surface area is 87.8 Å². The van der Waals surface area contributed by atoms with Gasteiger partial charge < -0.3 is 15.0 Å². The van der Waals surface area contributed by atoms with Crippen molar-refractivity contribution >= 4 is 0 Å². The fourth-order valence-electron chi connectivity index (χ4n) is 1.73. The van der Waals surface area contributed by atoms with E-state index in [2.05, 4.69) is 31.2 Å². The molecule has 14 heavy (non-hydrogen) atoms. The predicted octanol–water partition coefficient (Wildman–Crippen LogP) is 0.954. The largest absolute Gasteiger partial charge is 0.381 e. The molecule has 1 fully saturated rings. The van der Waals surface area contributed by atoms with Gasteiger partial charge in [-0.1, -0.05) is 6.92 Å². The minimum Gasteiger partial charge on any atom is -0.381 e. The number of likely N-dealkylation sites (N-methyl/N-ethyl adjacent to an activating group) is 1.